The average molecular weight is 676 g/mol. The largest absolute Gasteiger partial charge is 0.460 e. The first-order valence-corrected chi connectivity index (χ1v) is 15.6. The van der Waals surface area contributed by atoms with Crippen molar-refractivity contribution in [2.24, 2.45) is 0 Å². The second-order valence-electron chi connectivity index (χ2n) is 10.1. The molecule has 266 valence electrons. The Morgan fingerprint density at radius 2 is 1.06 bits per heavy atom. The Hall–Kier alpha value is -2.82. The van der Waals surface area contributed by atoms with Crippen LogP contribution in [0.3, 0.4) is 0 Å². The van der Waals surface area contributed by atoms with E-state index < -0.39 is 17.7 Å². The summed E-state index contributed by atoms with van der Waals surface area (Å²) >= 11 is 0. The van der Waals surface area contributed by atoms with Crippen LogP contribution in [0.5, 0.6) is 0 Å². The van der Waals surface area contributed by atoms with Crippen LogP contribution in [-0.4, -0.2) is 118 Å². The van der Waals surface area contributed by atoms with E-state index in [1.807, 2.05) is 13.8 Å². The van der Waals surface area contributed by atoms with Gasteiger partial charge in [-0.2, -0.15) is 13.2 Å². The van der Waals surface area contributed by atoms with Gasteiger partial charge in [-0.1, -0.05) is 18.2 Å². The van der Waals surface area contributed by atoms with Gasteiger partial charge in [-0.3, -0.25) is 0 Å². The van der Waals surface area contributed by atoms with Crippen molar-refractivity contribution < 1.29 is 60.6 Å². The second-order valence-corrected chi connectivity index (χ2v) is 10.1. The lowest BCUT2D eigenvalue weighted by molar-refractivity contribution is -0.137. The van der Waals surface area contributed by atoms with Gasteiger partial charge in [0.05, 0.1) is 122 Å². The number of para-hydroxylation sites is 1. The Balaban J connectivity index is 1.37. The summed E-state index contributed by atoms with van der Waals surface area (Å²) in [6.07, 6.45) is -4.26. The van der Waals surface area contributed by atoms with Gasteiger partial charge in [0.25, 0.3) is 0 Å². The predicted octanol–water partition coefficient (Wildman–Crippen LogP) is 5.15. The van der Waals surface area contributed by atoms with Gasteiger partial charge < -0.3 is 47.9 Å². The standard InChI is InChI=1S/C33H48F3NO10/c1-27(2)46-24-22-44-20-18-42-16-14-40-12-10-39-11-13-41-15-17-43-19-21-45-23-25-47-32(38)30-8-3-4-9-31(30)37-29-7-5-6-28(26-29)33(34,35)36/h3-9,26-27,37H,10-25H2,1-2H3. The van der Waals surface area contributed by atoms with Crippen LogP contribution < -0.4 is 5.32 Å². The number of benzene rings is 2. The maximum absolute atomic E-state index is 13.0. The van der Waals surface area contributed by atoms with E-state index in [2.05, 4.69) is 5.32 Å². The quantitative estimate of drug-likeness (QED) is 0.0956. The van der Waals surface area contributed by atoms with Gasteiger partial charge in [-0.15, -0.1) is 0 Å². The molecule has 0 aromatic heterocycles. The monoisotopic (exact) mass is 675 g/mol. The van der Waals surface area contributed by atoms with Crippen LogP contribution in [0, 0.1) is 0 Å². The van der Waals surface area contributed by atoms with E-state index >= 15 is 0 Å². The lowest BCUT2D eigenvalue weighted by Crippen LogP contribution is -2.16. The molecule has 47 heavy (non-hydrogen) atoms. The molecule has 0 spiro atoms. The third-order valence-corrected chi connectivity index (χ3v) is 5.99. The number of alkyl halides is 3. The summed E-state index contributed by atoms with van der Waals surface area (Å²) < 4.78 is 87.7. The van der Waals surface area contributed by atoms with Crippen molar-refractivity contribution in [2.45, 2.75) is 26.1 Å². The van der Waals surface area contributed by atoms with Crippen molar-refractivity contribution in [3.05, 3.63) is 59.7 Å². The van der Waals surface area contributed by atoms with Gasteiger partial charge >= 0.3 is 12.1 Å². The normalized spacial score (nSPS) is 11.7. The molecule has 0 saturated heterocycles. The van der Waals surface area contributed by atoms with E-state index in [1.165, 1.54) is 18.2 Å². The smallest absolute Gasteiger partial charge is 0.416 e. The first kappa shape index (κ1) is 40.4. The Morgan fingerprint density at radius 3 is 1.53 bits per heavy atom. The number of hydrogen-bond donors (Lipinski definition) is 1. The van der Waals surface area contributed by atoms with Crippen LogP contribution >= 0.6 is 0 Å². The van der Waals surface area contributed by atoms with Crippen LogP contribution in [0.15, 0.2) is 48.5 Å². The van der Waals surface area contributed by atoms with E-state index in [9.17, 15) is 18.0 Å². The molecule has 0 radical (unpaired) electrons. The molecular formula is C33H48F3NO10. The minimum absolute atomic E-state index is 0.00333. The lowest BCUT2D eigenvalue weighted by atomic mass is 10.1. The number of anilines is 2. The molecule has 11 nitrogen and oxygen atoms in total. The lowest BCUT2D eigenvalue weighted by Gasteiger charge is -2.13. The third kappa shape index (κ3) is 20.2. The molecule has 1 N–H and O–H groups in total. The van der Waals surface area contributed by atoms with Crippen molar-refractivity contribution in [1.29, 1.82) is 0 Å². The zero-order valence-electron chi connectivity index (χ0n) is 27.2. The Morgan fingerprint density at radius 1 is 0.617 bits per heavy atom. The van der Waals surface area contributed by atoms with Gasteiger partial charge in [0.15, 0.2) is 0 Å². The van der Waals surface area contributed by atoms with E-state index in [0.29, 0.717) is 98.2 Å². The number of ether oxygens (including phenoxy) is 9. The molecule has 0 unspecified atom stereocenters. The molecule has 0 saturated carbocycles. The molecule has 2 aromatic carbocycles. The van der Waals surface area contributed by atoms with Crippen molar-refractivity contribution in [1.82, 2.24) is 0 Å². The van der Waals surface area contributed by atoms with E-state index in [1.54, 1.807) is 18.2 Å². The maximum Gasteiger partial charge on any atom is 0.416 e. The van der Waals surface area contributed by atoms with Crippen LogP contribution in [-0.2, 0) is 48.8 Å². The molecule has 0 aliphatic rings. The van der Waals surface area contributed by atoms with Crippen molar-refractivity contribution in [3.63, 3.8) is 0 Å². The summed E-state index contributed by atoms with van der Waals surface area (Å²) in [5.41, 5.74) is -0.0794. The number of esters is 1. The fourth-order valence-corrected chi connectivity index (χ4v) is 3.73. The summed E-state index contributed by atoms with van der Waals surface area (Å²) in [6.45, 7) is 10.6. The molecule has 0 fully saturated rings. The van der Waals surface area contributed by atoms with Gasteiger partial charge in [-0.25, -0.2) is 4.79 Å². The highest BCUT2D eigenvalue weighted by Gasteiger charge is 2.30. The number of halogens is 3. The Labute approximate surface area is 274 Å². The molecule has 0 aliphatic carbocycles. The number of hydrogen-bond acceptors (Lipinski definition) is 11. The summed E-state index contributed by atoms with van der Waals surface area (Å²) in [5, 5.41) is 2.86. The fraction of sp³-hybridized carbons (Fsp3) is 0.606. The summed E-state index contributed by atoms with van der Waals surface area (Å²) in [7, 11) is 0. The van der Waals surface area contributed by atoms with Crippen molar-refractivity contribution in [3.8, 4) is 0 Å². The SMILES string of the molecule is CC(C)OCCOCCOCCOCCOCCOCCOCCOCCOC(=O)c1ccccc1Nc1cccc(C(F)(F)F)c1. The highest BCUT2D eigenvalue weighted by Crippen LogP contribution is 2.32. The first-order chi connectivity index (χ1) is 22.8. The molecule has 2 rings (SSSR count). The maximum atomic E-state index is 13.0. The zero-order valence-corrected chi connectivity index (χ0v) is 27.2. The van der Waals surface area contributed by atoms with Gasteiger partial charge in [-0.05, 0) is 44.2 Å². The van der Waals surface area contributed by atoms with Gasteiger partial charge in [0, 0.05) is 5.69 Å². The van der Waals surface area contributed by atoms with E-state index in [-0.39, 0.29) is 30.6 Å². The zero-order chi connectivity index (χ0) is 34.0. The van der Waals surface area contributed by atoms with E-state index in [4.69, 9.17) is 42.6 Å². The highest BCUT2D eigenvalue weighted by molar-refractivity contribution is 5.96. The topological polar surface area (TPSA) is 112 Å². The van der Waals surface area contributed by atoms with Crippen LogP contribution in [0.4, 0.5) is 24.5 Å². The van der Waals surface area contributed by atoms with Gasteiger partial charge in [0.1, 0.15) is 6.61 Å². The molecule has 2 aromatic rings. The molecular weight excluding hydrogens is 627 g/mol. The average Bonchev–Trinajstić information content (AvgIpc) is 3.04. The van der Waals surface area contributed by atoms with Crippen molar-refractivity contribution in [2.75, 3.05) is 111 Å². The van der Waals surface area contributed by atoms with Gasteiger partial charge in [0.2, 0.25) is 0 Å². The number of nitrogens with one attached hydrogen (secondary N) is 1. The minimum atomic E-state index is -4.47. The molecule has 0 bridgehead atoms. The second kappa shape index (κ2) is 25.2. The summed E-state index contributed by atoms with van der Waals surface area (Å²) in [5.74, 6) is -0.625. The number of carbonyl (C=O) groups is 1. The number of carbonyl (C=O) groups excluding carboxylic acids is 1. The fourth-order valence-electron chi connectivity index (χ4n) is 3.73. The summed E-state index contributed by atoms with van der Waals surface area (Å²) in [6, 6.07) is 11.1. The molecule has 14 heteroatoms. The molecule has 0 aliphatic heterocycles. The van der Waals surface area contributed by atoms with E-state index in [0.717, 1.165) is 12.1 Å². The Kier molecular flexibility index (Phi) is 21.7. The van der Waals surface area contributed by atoms with Crippen LogP contribution in [0.1, 0.15) is 29.8 Å². The summed E-state index contributed by atoms with van der Waals surface area (Å²) in [4.78, 5) is 12.6. The van der Waals surface area contributed by atoms with Crippen LogP contribution in [0.2, 0.25) is 0 Å². The highest BCUT2D eigenvalue weighted by atomic mass is 19.4. The molecule has 0 heterocycles. The minimum Gasteiger partial charge on any atom is -0.460 e. The first-order valence-electron chi connectivity index (χ1n) is 15.6. The number of rotatable bonds is 28. The predicted molar refractivity (Wildman–Crippen MR) is 168 cm³/mol. The molecule has 0 amide bonds. The van der Waals surface area contributed by atoms with Crippen molar-refractivity contribution >= 4 is 17.3 Å². The third-order valence-electron chi connectivity index (χ3n) is 5.99. The Bertz CT molecular complexity index is 1090. The molecule has 0 atom stereocenters. The van der Waals surface area contributed by atoms with Crippen LogP contribution in [0.25, 0.3) is 0 Å².